The minimum Gasteiger partial charge on any atom is -0.416 e. The van der Waals surface area contributed by atoms with Gasteiger partial charge < -0.3 is 8.85 Å². The van der Waals surface area contributed by atoms with E-state index in [2.05, 4.69) is 67.2 Å². The van der Waals surface area contributed by atoms with Crippen LogP contribution in [0.5, 0.6) is 0 Å². The number of rotatable bonds is 18. The Morgan fingerprint density at radius 1 is 0.593 bits per heavy atom. The number of unbranched alkanes of at least 4 members (excludes halogenated alkanes) is 2. The molecule has 0 aliphatic rings. The molecule has 0 spiro atoms. The van der Waals surface area contributed by atoms with Crippen molar-refractivity contribution >= 4 is 28.4 Å². The molecule has 0 aliphatic carbocycles. The summed E-state index contributed by atoms with van der Waals surface area (Å²) in [4.78, 5) is 1.44. The fraction of sp³-hybridized carbons (Fsp3) is 1.00. The number of hydrogen-bond acceptors (Lipinski definition) is 3. The van der Waals surface area contributed by atoms with Crippen molar-refractivity contribution < 1.29 is 8.85 Å². The molecular formula is C22H50O2SSi2. The summed E-state index contributed by atoms with van der Waals surface area (Å²) in [5.74, 6) is 0. The van der Waals surface area contributed by atoms with Crippen molar-refractivity contribution in [3.63, 3.8) is 0 Å². The second kappa shape index (κ2) is 15.5. The van der Waals surface area contributed by atoms with E-state index >= 15 is 0 Å². The molecule has 2 nitrogen and oxygen atoms in total. The maximum absolute atomic E-state index is 6.63. The first-order chi connectivity index (χ1) is 13.0. The minimum atomic E-state index is -1.71. The molecule has 2 atom stereocenters. The number of thioether (sulfide) groups is 1. The van der Waals surface area contributed by atoms with Crippen molar-refractivity contribution in [2.45, 2.75) is 128 Å². The van der Waals surface area contributed by atoms with Gasteiger partial charge in [0.15, 0.2) is 0 Å². The van der Waals surface area contributed by atoms with E-state index in [1.54, 1.807) is 0 Å². The van der Waals surface area contributed by atoms with Crippen molar-refractivity contribution in [2.24, 2.45) is 0 Å². The van der Waals surface area contributed by atoms with Crippen LogP contribution in [0.25, 0.3) is 0 Å². The molecule has 0 aromatic heterocycles. The summed E-state index contributed by atoms with van der Waals surface area (Å²) in [6.45, 7) is 20.4. The summed E-state index contributed by atoms with van der Waals surface area (Å²) >= 11 is 2.34. The van der Waals surface area contributed by atoms with E-state index in [1.165, 1.54) is 62.7 Å². The Balaban J connectivity index is 5.81. The van der Waals surface area contributed by atoms with Gasteiger partial charge in [0.25, 0.3) is 0 Å². The Morgan fingerprint density at radius 2 is 0.926 bits per heavy atom. The Labute approximate surface area is 178 Å². The fourth-order valence-electron chi connectivity index (χ4n) is 4.47. The van der Waals surface area contributed by atoms with Crippen LogP contribution < -0.4 is 0 Å². The molecule has 0 amide bonds. The van der Waals surface area contributed by atoms with Crippen LogP contribution >= 0.6 is 11.8 Å². The number of hydrogen-bond donors (Lipinski definition) is 0. The molecule has 0 saturated carbocycles. The highest BCUT2D eigenvalue weighted by Gasteiger charge is 2.46. The van der Waals surface area contributed by atoms with E-state index < -0.39 is 16.6 Å². The zero-order valence-corrected chi connectivity index (χ0v) is 22.7. The van der Waals surface area contributed by atoms with Crippen LogP contribution in [0, 0.1) is 0 Å². The molecule has 0 rings (SSSR count). The molecule has 0 heterocycles. The van der Waals surface area contributed by atoms with Gasteiger partial charge in [-0.2, -0.15) is 11.8 Å². The third-order valence-corrected chi connectivity index (χ3v) is 20.4. The third-order valence-electron chi connectivity index (χ3n) is 6.40. The predicted octanol–water partition coefficient (Wildman–Crippen LogP) is 7.96. The van der Waals surface area contributed by atoms with Crippen LogP contribution in [-0.2, 0) is 8.85 Å². The van der Waals surface area contributed by atoms with Crippen molar-refractivity contribution in [2.75, 3.05) is 13.2 Å². The smallest absolute Gasteiger partial charge is 0.204 e. The molecule has 0 N–H and O–H groups in total. The van der Waals surface area contributed by atoms with Crippen LogP contribution in [-0.4, -0.2) is 39.6 Å². The first-order valence-electron chi connectivity index (χ1n) is 11.9. The lowest BCUT2D eigenvalue weighted by atomic mass is 10.3. The molecule has 0 fully saturated rings. The van der Waals surface area contributed by atoms with Crippen molar-refractivity contribution in [3.8, 4) is 0 Å². The van der Waals surface area contributed by atoms with Crippen molar-refractivity contribution in [3.05, 3.63) is 0 Å². The van der Waals surface area contributed by atoms with Gasteiger partial charge >= 0.3 is 0 Å². The quantitative estimate of drug-likeness (QED) is 0.204. The fourth-order valence-corrected chi connectivity index (χ4v) is 17.9. The van der Waals surface area contributed by atoms with Gasteiger partial charge in [-0.05, 0) is 50.9 Å². The normalized spacial score (nSPS) is 15.1. The van der Waals surface area contributed by atoms with Gasteiger partial charge in [0.05, 0.1) is 0 Å². The van der Waals surface area contributed by atoms with Crippen LogP contribution in [0.15, 0.2) is 0 Å². The van der Waals surface area contributed by atoms with Crippen molar-refractivity contribution in [1.29, 1.82) is 0 Å². The van der Waals surface area contributed by atoms with E-state index in [0.29, 0.717) is 0 Å². The molecule has 27 heavy (non-hydrogen) atoms. The largest absolute Gasteiger partial charge is 0.416 e. The van der Waals surface area contributed by atoms with Gasteiger partial charge in [0.1, 0.15) is 0 Å². The molecule has 0 radical (unpaired) electrons. The Kier molecular flexibility index (Phi) is 15.9. The minimum absolute atomic E-state index is 0.722. The summed E-state index contributed by atoms with van der Waals surface area (Å²) in [5.41, 5.74) is 0. The highest BCUT2D eigenvalue weighted by molar-refractivity contribution is 8.03. The highest BCUT2D eigenvalue weighted by Crippen LogP contribution is 2.42. The topological polar surface area (TPSA) is 18.5 Å². The lowest BCUT2D eigenvalue weighted by Gasteiger charge is -2.43. The summed E-state index contributed by atoms with van der Waals surface area (Å²) in [6, 6.07) is 5.00. The molecule has 164 valence electrons. The third kappa shape index (κ3) is 8.15. The maximum atomic E-state index is 6.63. The summed E-state index contributed by atoms with van der Waals surface area (Å²) in [6.07, 6.45) is 7.92. The lowest BCUT2D eigenvalue weighted by molar-refractivity contribution is 0.314. The van der Waals surface area contributed by atoms with Gasteiger partial charge in [-0.25, -0.2) is 0 Å². The van der Waals surface area contributed by atoms with Crippen molar-refractivity contribution in [1.82, 2.24) is 0 Å². The Hall–Kier alpha value is 0.704. The van der Waals surface area contributed by atoms with E-state index in [4.69, 9.17) is 8.85 Å². The van der Waals surface area contributed by atoms with Crippen LogP contribution in [0.3, 0.4) is 0 Å². The first kappa shape index (κ1) is 27.7. The average molecular weight is 435 g/mol. The molecule has 0 bridgehead atoms. The standard InChI is InChI=1S/C22H50O2SSi2/c1-9-17-19-21(26(13-5,14-6)23-11-3)25-22(20-18-10-2)27(15-7,16-8)24-12-4/h21-22H,9-20H2,1-8H3. The van der Waals surface area contributed by atoms with Gasteiger partial charge in [-0.15, -0.1) is 0 Å². The zero-order valence-electron chi connectivity index (χ0n) is 19.9. The second-order valence-electron chi connectivity index (χ2n) is 7.81. The van der Waals surface area contributed by atoms with Crippen LogP contribution in [0.2, 0.25) is 24.2 Å². The van der Waals surface area contributed by atoms with E-state index in [1.807, 2.05) is 0 Å². The molecule has 0 aromatic rings. The zero-order chi connectivity index (χ0) is 20.8. The average Bonchev–Trinajstić information content (AvgIpc) is 2.70. The first-order valence-corrected chi connectivity index (χ1v) is 17.7. The SMILES string of the molecule is CCCCC(SC(CCCC)[Si](CC)(CC)OCC)[Si](CC)(CC)OCC. The van der Waals surface area contributed by atoms with Gasteiger partial charge in [-0.3, -0.25) is 0 Å². The maximum Gasteiger partial charge on any atom is 0.204 e. The molecule has 0 aliphatic heterocycles. The van der Waals surface area contributed by atoms with Gasteiger partial charge in [0, 0.05) is 23.0 Å². The highest BCUT2D eigenvalue weighted by atomic mass is 32.2. The summed E-state index contributed by atoms with van der Waals surface area (Å²) in [7, 11) is -3.42. The van der Waals surface area contributed by atoms with Gasteiger partial charge in [0.2, 0.25) is 16.6 Å². The Bertz CT molecular complexity index is 315. The molecule has 2 unspecified atom stereocenters. The monoisotopic (exact) mass is 434 g/mol. The lowest BCUT2D eigenvalue weighted by Crippen LogP contribution is -2.53. The Morgan fingerprint density at radius 3 is 1.15 bits per heavy atom. The molecule has 5 heteroatoms. The van der Waals surface area contributed by atoms with Gasteiger partial charge in [-0.1, -0.05) is 67.2 Å². The van der Waals surface area contributed by atoms with E-state index in [-0.39, 0.29) is 0 Å². The summed E-state index contributed by atoms with van der Waals surface area (Å²) in [5, 5.41) is 0. The van der Waals surface area contributed by atoms with E-state index in [9.17, 15) is 0 Å². The second-order valence-corrected chi connectivity index (χ2v) is 19.1. The van der Waals surface area contributed by atoms with Crippen LogP contribution in [0.1, 0.15) is 93.9 Å². The predicted molar refractivity (Wildman–Crippen MR) is 131 cm³/mol. The van der Waals surface area contributed by atoms with E-state index in [0.717, 1.165) is 23.0 Å². The molecular weight excluding hydrogens is 384 g/mol. The molecule has 0 saturated heterocycles. The van der Waals surface area contributed by atoms with Crippen LogP contribution in [0.4, 0.5) is 0 Å². The molecule has 0 aromatic carbocycles. The summed E-state index contributed by atoms with van der Waals surface area (Å²) < 4.78 is 13.3.